The molecule has 1 aromatic rings. The van der Waals surface area contributed by atoms with Gasteiger partial charge < -0.3 is 0 Å². The van der Waals surface area contributed by atoms with Crippen LogP contribution >= 0.6 is 24.0 Å². The highest BCUT2D eigenvalue weighted by Gasteiger charge is 2.04. The zero-order chi connectivity index (χ0) is 8.27. The van der Waals surface area contributed by atoms with Crippen molar-refractivity contribution in [1.29, 1.82) is 0 Å². The molecule has 0 aromatic carbocycles. The van der Waals surface area contributed by atoms with Gasteiger partial charge in [0.2, 0.25) is 0 Å². The van der Waals surface area contributed by atoms with Gasteiger partial charge in [-0.1, -0.05) is 19.9 Å². The Kier molecular flexibility index (Phi) is 5.27. The number of halogens is 2. The maximum atomic E-state index is 5.71. The molecule has 0 bridgehead atoms. The smallest absolute Gasteiger partial charge is 0.0650 e. The first-order valence-corrected chi connectivity index (χ1v) is 4.29. The summed E-state index contributed by atoms with van der Waals surface area (Å²) < 4.78 is 0. The number of rotatable bonds is 2. The molecule has 1 nitrogen and oxygen atoms in total. The third kappa shape index (κ3) is 2.65. The summed E-state index contributed by atoms with van der Waals surface area (Å²) in [6.45, 7) is 4.29. The van der Waals surface area contributed by atoms with E-state index in [9.17, 15) is 0 Å². The molecule has 1 aromatic heterocycles. The minimum Gasteiger partial charge on any atom is -0.260 e. The van der Waals surface area contributed by atoms with Crippen molar-refractivity contribution < 1.29 is 0 Å². The van der Waals surface area contributed by atoms with Crippen LogP contribution in [0.2, 0.25) is 0 Å². The van der Waals surface area contributed by atoms with Gasteiger partial charge >= 0.3 is 0 Å². The lowest BCUT2D eigenvalue weighted by molar-refractivity contribution is 0.839. The summed E-state index contributed by atoms with van der Waals surface area (Å²) in [7, 11) is 0. The van der Waals surface area contributed by atoms with Crippen LogP contribution in [0, 0.1) is 0 Å². The largest absolute Gasteiger partial charge is 0.260 e. The third-order valence-electron chi connectivity index (χ3n) is 1.67. The van der Waals surface area contributed by atoms with Crippen molar-refractivity contribution in [2.24, 2.45) is 0 Å². The highest BCUT2D eigenvalue weighted by atomic mass is 35.5. The van der Waals surface area contributed by atoms with Gasteiger partial charge in [-0.05, 0) is 17.5 Å². The molecular formula is C9H13Cl2N. The van der Waals surface area contributed by atoms with Crippen LogP contribution in [0.5, 0.6) is 0 Å². The van der Waals surface area contributed by atoms with Crippen molar-refractivity contribution >= 4 is 24.0 Å². The first-order chi connectivity index (χ1) is 5.25. The standard InChI is InChI=1S/C9H12ClN.ClH/c1-7(2)8-4-3-5-11-9(8)6-10;/h3-5,7H,6H2,1-2H3;1H. The molecule has 12 heavy (non-hydrogen) atoms. The number of hydrogen-bond acceptors (Lipinski definition) is 1. The summed E-state index contributed by atoms with van der Waals surface area (Å²) in [5.41, 5.74) is 2.26. The van der Waals surface area contributed by atoms with Crippen LogP contribution in [0.4, 0.5) is 0 Å². The number of alkyl halides is 1. The highest BCUT2D eigenvalue weighted by molar-refractivity contribution is 6.17. The van der Waals surface area contributed by atoms with Crippen LogP contribution in [-0.4, -0.2) is 4.98 Å². The Morgan fingerprint density at radius 1 is 1.50 bits per heavy atom. The third-order valence-corrected chi connectivity index (χ3v) is 1.93. The number of aromatic nitrogens is 1. The van der Waals surface area contributed by atoms with E-state index < -0.39 is 0 Å². The fraction of sp³-hybridized carbons (Fsp3) is 0.444. The molecule has 0 aliphatic heterocycles. The van der Waals surface area contributed by atoms with Crippen molar-refractivity contribution in [3.8, 4) is 0 Å². The van der Waals surface area contributed by atoms with Crippen molar-refractivity contribution in [3.05, 3.63) is 29.6 Å². The average molecular weight is 206 g/mol. The van der Waals surface area contributed by atoms with Crippen LogP contribution < -0.4 is 0 Å². The predicted octanol–water partition coefficient (Wildman–Crippen LogP) is 3.37. The maximum absolute atomic E-state index is 5.71. The Bertz CT molecular complexity index is 236. The maximum Gasteiger partial charge on any atom is 0.0650 e. The van der Waals surface area contributed by atoms with Crippen LogP contribution in [0.15, 0.2) is 18.3 Å². The molecule has 1 rings (SSSR count). The molecule has 0 aliphatic rings. The number of hydrogen-bond donors (Lipinski definition) is 0. The zero-order valence-electron chi connectivity index (χ0n) is 7.25. The fourth-order valence-electron chi connectivity index (χ4n) is 1.09. The van der Waals surface area contributed by atoms with Gasteiger partial charge in [0.05, 0.1) is 11.6 Å². The Labute approximate surface area is 84.6 Å². The Morgan fingerprint density at radius 2 is 2.17 bits per heavy atom. The first-order valence-electron chi connectivity index (χ1n) is 3.75. The lowest BCUT2D eigenvalue weighted by Gasteiger charge is -2.07. The lowest BCUT2D eigenvalue weighted by atomic mass is 10.0. The van der Waals surface area contributed by atoms with Gasteiger partial charge in [-0.2, -0.15) is 0 Å². The van der Waals surface area contributed by atoms with Gasteiger partial charge in [0.25, 0.3) is 0 Å². The van der Waals surface area contributed by atoms with E-state index >= 15 is 0 Å². The summed E-state index contributed by atoms with van der Waals surface area (Å²) in [6, 6.07) is 4.03. The molecule has 3 heteroatoms. The van der Waals surface area contributed by atoms with Crippen LogP contribution in [0.25, 0.3) is 0 Å². The van der Waals surface area contributed by atoms with Gasteiger partial charge in [0, 0.05) is 6.20 Å². The van der Waals surface area contributed by atoms with Crippen molar-refractivity contribution in [3.63, 3.8) is 0 Å². The van der Waals surface area contributed by atoms with E-state index in [1.165, 1.54) is 5.56 Å². The van der Waals surface area contributed by atoms with E-state index in [0.29, 0.717) is 11.8 Å². The Balaban J connectivity index is 0.00000121. The minimum atomic E-state index is 0. The molecule has 0 amide bonds. The van der Waals surface area contributed by atoms with Crippen LogP contribution in [0.3, 0.4) is 0 Å². The summed E-state index contributed by atoms with van der Waals surface area (Å²) in [6.07, 6.45) is 1.78. The zero-order valence-corrected chi connectivity index (χ0v) is 8.82. The van der Waals surface area contributed by atoms with E-state index in [2.05, 4.69) is 24.9 Å². The lowest BCUT2D eigenvalue weighted by Crippen LogP contribution is -1.96. The molecular weight excluding hydrogens is 193 g/mol. The summed E-state index contributed by atoms with van der Waals surface area (Å²) in [5.74, 6) is 1.02. The van der Waals surface area contributed by atoms with Gasteiger partial charge in [-0.25, -0.2) is 0 Å². The van der Waals surface area contributed by atoms with E-state index in [1.54, 1.807) is 6.20 Å². The molecule has 0 fully saturated rings. The monoisotopic (exact) mass is 205 g/mol. The second-order valence-electron chi connectivity index (χ2n) is 2.83. The normalized spacial score (nSPS) is 9.67. The summed E-state index contributed by atoms with van der Waals surface area (Å²) >= 11 is 5.71. The molecule has 0 N–H and O–H groups in total. The van der Waals surface area contributed by atoms with E-state index in [1.807, 2.05) is 6.07 Å². The number of nitrogens with zero attached hydrogens (tertiary/aromatic N) is 1. The van der Waals surface area contributed by atoms with E-state index in [-0.39, 0.29) is 12.4 Å². The summed E-state index contributed by atoms with van der Waals surface area (Å²) in [5, 5.41) is 0. The van der Waals surface area contributed by atoms with E-state index in [4.69, 9.17) is 11.6 Å². The van der Waals surface area contributed by atoms with Gasteiger partial charge in [-0.15, -0.1) is 24.0 Å². The highest BCUT2D eigenvalue weighted by Crippen LogP contribution is 2.18. The van der Waals surface area contributed by atoms with Gasteiger partial charge in [-0.3, -0.25) is 4.98 Å². The molecule has 0 unspecified atom stereocenters. The van der Waals surface area contributed by atoms with Crippen molar-refractivity contribution in [1.82, 2.24) is 4.98 Å². The predicted molar refractivity (Wildman–Crippen MR) is 55.1 cm³/mol. The molecule has 0 saturated heterocycles. The summed E-state index contributed by atoms with van der Waals surface area (Å²) in [4.78, 5) is 4.19. The SMILES string of the molecule is CC(C)c1cccnc1CCl.Cl. The average Bonchev–Trinajstić information content (AvgIpc) is 2.04. The molecule has 0 atom stereocenters. The fourth-order valence-corrected chi connectivity index (χ4v) is 1.31. The topological polar surface area (TPSA) is 12.9 Å². The van der Waals surface area contributed by atoms with Crippen LogP contribution in [0.1, 0.15) is 31.0 Å². The quantitative estimate of drug-likeness (QED) is 0.676. The Hall–Kier alpha value is -0.270. The molecule has 0 spiro atoms. The van der Waals surface area contributed by atoms with Crippen molar-refractivity contribution in [2.45, 2.75) is 25.6 Å². The molecule has 0 saturated carbocycles. The molecule has 0 radical (unpaired) electrons. The molecule has 1 heterocycles. The van der Waals surface area contributed by atoms with Crippen molar-refractivity contribution in [2.75, 3.05) is 0 Å². The first kappa shape index (κ1) is 11.7. The second-order valence-corrected chi connectivity index (χ2v) is 3.09. The Morgan fingerprint density at radius 3 is 2.58 bits per heavy atom. The van der Waals surface area contributed by atoms with Crippen LogP contribution in [-0.2, 0) is 5.88 Å². The second kappa shape index (κ2) is 5.39. The number of pyridine rings is 1. The minimum absolute atomic E-state index is 0. The van der Waals surface area contributed by atoms with E-state index in [0.717, 1.165) is 5.69 Å². The van der Waals surface area contributed by atoms with Gasteiger partial charge in [0.1, 0.15) is 0 Å². The molecule has 0 aliphatic carbocycles. The van der Waals surface area contributed by atoms with Gasteiger partial charge in [0.15, 0.2) is 0 Å². The molecule has 68 valence electrons.